The molecule has 0 aliphatic heterocycles. The van der Waals surface area contributed by atoms with Crippen molar-refractivity contribution < 1.29 is 8.78 Å². The molecule has 0 heterocycles. The van der Waals surface area contributed by atoms with Gasteiger partial charge in [0.25, 0.3) is 0 Å². The lowest BCUT2D eigenvalue weighted by Crippen LogP contribution is -2.23. The molecule has 0 fully saturated rings. The minimum absolute atomic E-state index is 0.179. The molecule has 0 saturated carbocycles. The number of hydrogen-bond donors (Lipinski definition) is 1. The lowest BCUT2D eigenvalue weighted by Gasteiger charge is -2.19. The van der Waals surface area contributed by atoms with Gasteiger partial charge < -0.3 is 5.32 Å². The van der Waals surface area contributed by atoms with Crippen molar-refractivity contribution in [2.45, 2.75) is 39.2 Å². The summed E-state index contributed by atoms with van der Waals surface area (Å²) in [6.07, 6.45) is 2.76. The molecule has 0 amide bonds. The van der Waals surface area contributed by atoms with Crippen molar-refractivity contribution in [3.05, 3.63) is 35.4 Å². The standard InChI is InChI=1S/C13H19F2N/c1-3-5-9-12(16-4-2)13-10(14)7-6-8-11(13)15/h6-8,12,16H,3-5,9H2,1-2H3. The van der Waals surface area contributed by atoms with Crippen LogP contribution in [0.3, 0.4) is 0 Å². The summed E-state index contributed by atoms with van der Waals surface area (Å²) < 4.78 is 27.1. The molecule has 0 aliphatic carbocycles. The Labute approximate surface area is 95.9 Å². The van der Waals surface area contributed by atoms with Crippen LogP contribution in [0.5, 0.6) is 0 Å². The molecule has 0 spiro atoms. The Bertz CT molecular complexity index is 305. The maximum absolute atomic E-state index is 13.6. The zero-order valence-electron chi connectivity index (χ0n) is 9.89. The Kier molecular flexibility index (Phi) is 5.39. The molecule has 0 aromatic heterocycles. The molecule has 1 atom stereocenters. The first-order valence-electron chi connectivity index (χ1n) is 5.88. The lowest BCUT2D eigenvalue weighted by atomic mass is 10.00. The van der Waals surface area contributed by atoms with E-state index in [1.165, 1.54) is 18.2 Å². The molecule has 16 heavy (non-hydrogen) atoms. The summed E-state index contributed by atoms with van der Waals surface area (Å²) >= 11 is 0. The molecule has 0 saturated heterocycles. The third-order valence-electron chi connectivity index (χ3n) is 2.65. The minimum atomic E-state index is -0.456. The van der Waals surface area contributed by atoms with Crippen LogP contribution in [0.2, 0.25) is 0 Å². The third-order valence-corrected chi connectivity index (χ3v) is 2.65. The summed E-state index contributed by atoms with van der Waals surface area (Å²) in [4.78, 5) is 0. The van der Waals surface area contributed by atoms with Gasteiger partial charge in [-0.15, -0.1) is 0 Å². The average molecular weight is 227 g/mol. The van der Waals surface area contributed by atoms with Gasteiger partial charge in [-0.1, -0.05) is 32.8 Å². The van der Waals surface area contributed by atoms with Gasteiger partial charge in [-0.3, -0.25) is 0 Å². The van der Waals surface area contributed by atoms with Crippen molar-refractivity contribution in [2.24, 2.45) is 0 Å². The van der Waals surface area contributed by atoms with Crippen LogP contribution in [0.1, 0.15) is 44.7 Å². The summed E-state index contributed by atoms with van der Waals surface area (Å²) in [5.74, 6) is -0.913. The van der Waals surface area contributed by atoms with Gasteiger partial charge in [0.05, 0.1) is 0 Å². The lowest BCUT2D eigenvalue weighted by molar-refractivity contribution is 0.443. The smallest absolute Gasteiger partial charge is 0.130 e. The van der Waals surface area contributed by atoms with E-state index < -0.39 is 11.6 Å². The number of nitrogens with one attached hydrogen (secondary N) is 1. The number of rotatable bonds is 6. The van der Waals surface area contributed by atoms with Crippen LogP contribution in [-0.4, -0.2) is 6.54 Å². The maximum Gasteiger partial charge on any atom is 0.130 e. The predicted molar refractivity (Wildman–Crippen MR) is 62.3 cm³/mol. The van der Waals surface area contributed by atoms with Crippen molar-refractivity contribution in [3.8, 4) is 0 Å². The second kappa shape index (κ2) is 6.59. The zero-order valence-corrected chi connectivity index (χ0v) is 9.89. The minimum Gasteiger partial charge on any atom is -0.310 e. The summed E-state index contributed by atoms with van der Waals surface area (Å²) in [7, 11) is 0. The van der Waals surface area contributed by atoms with E-state index >= 15 is 0 Å². The van der Waals surface area contributed by atoms with E-state index in [0.717, 1.165) is 19.3 Å². The highest BCUT2D eigenvalue weighted by atomic mass is 19.1. The van der Waals surface area contributed by atoms with Crippen LogP contribution in [0.25, 0.3) is 0 Å². The van der Waals surface area contributed by atoms with Gasteiger partial charge in [0.2, 0.25) is 0 Å². The number of unbranched alkanes of at least 4 members (excludes halogenated alkanes) is 1. The first kappa shape index (κ1) is 13.1. The Balaban J connectivity index is 2.90. The highest BCUT2D eigenvalue weighted by Crippen LogP contribution is 2.24. The highest BCUT2D eigenvalue weighted by molar-refractivity contribution is 5.23. The maximum atomic E-state index is 13.6. The fourth-order valence-electron chi connectivity index (χ4n) is 1.85. The number of benzene rings is 1. The predicted octanol–water partition coefficient (Wildman–Crippen LogP) is 3.81. The molecular formula is C13H19F2N. The molecule has 3 heteroatoms. The molecule has 1 nitrogen and oxygen atoms in total. The largest absolute Gasteiger partial charge is 0.310 e. The summed E-state index contributed by atoms with van der Waals surface area (Å²) in [5, 5.41) is 3.14. The van der Waals surface area contributed by atoms with Crippen LogP contribution in [-0.2, 0) is 0 Å². The normalized spacial score (nSPS) is 12.8. The monoisotopic (exact) mass is 227 g/mol. The second-order valence-corrected chi connectivity index (χ2v) is 3.89. The first-order valence-corrected chi connectivity index (χ1v) is 5.88. The van der Waals surface area contributed by atoms with Crippen molar-refractivity contribution >= 4 is 0 Å². The van der Waals surface area contributed by atoms with Crippen LogP contribution < -0.4 is 5.32 Å². The van der Waals surface area contributed by atoms with E-state index in [1.807, 2.05) is 6.92 Å². The van der Waals surface area contributed by atoms with Crippen LogP contribution in [0, 0.1) is 11.6 Å². The Morgan fingerprint density at radius 3 is 2.31 bits per heavy atom. The molecule has 90 valence electrons. The average Bonchev–Trinajstić information content (AvgIpc) is 2.25. The zero-order chi connectivity index (χ0) is 12.0. The SMILES string of the molecule is CCCCC(NCC)c1c(F)cccc1F. The van der Waals surface area contributed by atoms with Crippen molar-refractivity contribution in [1.29, 1.82) is 0 Å². The van der Waals surface area contributed by atoms with Crippen LogP contribution >= 0.6 is 0 Å². The van der Waals surface area contributed by atoms with Gasteiger partial charge in [-0.05, 0) is 25.1 Å². The molecule has 1 rings (SSSR count). The van der Waals surface area contributed by atoms with Gasteiger partial charge >= 0.3 is 0 Å². The molecule has 0 radical (unpaired) electrons. The van der Waals surface area contributed by atoms with E-state index in [0.29, 0.717) is 6.54 Å². The summed E-state index contributed by atoms with van der Waals surface area (Å²) in [5.41, 5.74) is 0.179. The Morgan fingerprint density at radius 2 is 1.81 bits per heavy atom. The summed E-state index contributed by atoms with van der Waals surface area (Å²) in [6, 6.07) is 3.81. The van der Waals surface area contributed by atoms with Crippen LogP contribution in [0.15, 0.2) is 18.2 Å². The van der Waals surface area contributed by atoms with E-state index in [1.54, 1.807) is 0 Å². The van der Waals surface area contributed by atoms with Gasteiger partial charge in [0, 0.05) is 11.6 Å². The van der Waals surface area contributed by atoms with Crippen molar-refractivity contribution in [2.75, 3.05) is 6.54 Å². The molecular weight excluding hydrogens is 208 g/mol. The molecule has 1 N–H and O–H groups in total. The quantitative estimate of drug-likeness (QED) is 0.779. The molecule has 0 aliphatic rings. The van der Waals surface area contributed by atoms with E-state index in [4.69, 9.17) is 0 Å². The molecule has 1 aromatic carbocycles. The van der Waals surface area contributed by atoms with E-state index in [9.17, 15) is 8.78 Å². The van der Waals surface area contributed by atoms with Gasteiger partial charge in [0.1, 0.15) is 11.6 Å². The molecule has 0 bridgehead atoms. The van der Waals surface area contributed by atoms with Crippen molar-refractivity contribution in [3.63, 3.8) is 0 Å². The second-order valence-electron chi connectivity index (χ2n) is 3.89. The number of halogens is 2. The number of hydrogen-bond acceptors (Lipinski definition) is 1. The topological polar surface area (TPSA) is 12.0 Å². The molecule has 1 unspecified atom stereocenters. The highest BCUT2D eigenvalue weighted by Gasteiger charge is 2.18. The molecule has 1 aromatic rings. The van der Waals surface area contributed by atoms with Crippen molar-refractivity contribution in [1.82, 2.24) is 5.32 Å². The Morgan fingerprint density at radius 1 is 1.19 bits per heavy atom. The van der Waals surface area contributed by atoms with E-state index in [2.05, 4.69) is 12.2 Å². The van der Waals surface area contributed by atoms with E-state index in [-0.39, 0.29) is 11.6 Å². The van der Waals surface area contributed by atoms with Crippen LogP contribution in [0.4, 0.5) is 8.78 Å². The first-order chi connectivity index (χ1) is 7.70. The summed E-state index contributed by atoms with van der Waals surface area (Å²) in [6.45, 7) is 4.72. The van der Waals surface area contributed by atoms with Gasteiger partial charge in [0.15, 0.2) is 0 Å². The van der Waals surface area contributed by atoms with Gasteiger partial charge in [-0.25, -0.2) is 8.78 Å². The fourth-order valence-corrected chi connectivity index (χ4v) is 1.85. The Hall–Kier alpha value is -0.960. The van der Waals surface area contributed by atoms with Gasteiger partial charge in [-0.2, -0.15) is 0 Å². The fraction of sp³-hybridized carbons (Fsp3) is 0.538. The third kappa shape index (κ3) is 3.27.